The van der Waals surface area contributed by atoms with Crippen LogP contribution in [0.3, 0.4) is 0 Å². The lowest BCUT2D eigenvalue weighted by Gasteiger charge is -2.16. The van der Waals surface area contributed by atoms with Crippen molar-refractivity contribution in [2.45, 2.75) is 32.7 Å². The molecular formula is C14H24N2O. The molecule has 3 heteroatoms. The Hall–Kier alpha value is -1.06. The van der Waals surface area contributed by atoms with Crippen LogP contribution in [0.4, 0.5) is 5.69 Å². The fourth-order valence-electron chi connectivity index (χ4n) is 1.90. The molecule has 0 saturated heterocycles. The molecule has 0 aliphatic rings. The highest BCUT2D eigenvalue weighted by molar-refractivity contribution is 5.45. The van der Waals surface area contributed by atoms with E-state index in [0.29, 0.717) is 12.3 Å². The molecule has 0 spiro atoms. The lowest BCUT2D eigenvalue weighted by atomic mass is 10.0. The fraction of sp³-hybridized carbons (Fsp3) is 0.571. The van der Waals surface area contributed by atoms with Gasteiger partial charge in [-0.3, -0.25) is 0 Å². The van der Waals surface area contributed by atoms with Gasteiger partial charge in [0.05, 0.1) is 0 Å². The zero-order chi connectivity index (χ0) is 12.7. The quantitative estimate of drug-likeness (QED) is 0.678. The molecule has 1 aromatic carbocycles. The smallest absolute Gasteiger partial charge is 0.0471 e. The average Bonchev–Trinajstić information content (AvgIpc) is 2.26. The Labute approximate surface area is 104 Å². The Kier molecular flexibility index (Phi) is 6.01. The standard InChI is InChI=1S/C14H24N2O/c1-11(2)8-13(15)10-16-14-5-3-4-12(9-14)6-7-17/h3-5,9,11,13,16-17H,6-8,10,15H2,1-2H3. The predicted molar refractivity (Wildman–Crippen MR) is 73.2 cm³/mol. The van der Waals surface area contributed by atoms with Gasteiger partial charge in [0.15, 0.2) is 0 Å². The van der Waals surface area contributed by atoms with Crippen LogP contribution in [-0.4, -0.2) is 24.3 Å². The number of hydrogen-bond acceptors (Lipinski definition) is 3. The number of nitrogens with one attached hydrogen (secondary N) is 1. The van der Waals surface area contributed by atoms with Crippen molar-refractivity contribution in [1.29, 1.82) is 0 Å². The van der Waals surface area contributed by atoms with Crippen LogP contribution in [0.25, 0.3) is 0 Å². The lowest BCUT2D eigenvalue weighted by Crippen LogP contribution is -2.30. The van der Waals surface area contributed by atoms with Crippen LogP contribution in [-0.2, 0) is 6.42 Å². The van der Waals surface area contributed by atoms with Gasteiger partial charge in [0.2, 0.25) is 0 Å². The number of nitrogens with two attached hydrogens (primary N) is 1. The van der Waals surface area contributed by atoms with Crippen molar-refractivity contribution in [1.82, 2.24) is 0 Å². The summed E-state index contributed by atoms with van der Waals surface area (Å²) in [7, 11) is 0. The molecule has 0 saturated carbocycles. The van der Waals surface area contributed by atoms with Gasteiger partial charge in [-0.25, -0.2) is 0 Å². The van der Waals surface area contributed by atoms with E-state index in [0.717, 1.165) is 24.2 Å². The summed E-state index contributed by atoms with van der Waals surface area (Å²) in [5.41, 5.74) is 8.24. The van der Waals surface area contributed by atoms with Crippen LogP contribution in [0.5, 0.6) is 0 Å². The van der Waals surface area contributed by atoms with Gasteiger partial charge in [0.1, 0.15) is 0 Å². The maximum atomic E-state index is 8.89. The first-order valence-corrected chi connectivity index (χ1v) is 6.31. The van der Waals surface area contributed by atoms with Crippen LogP contribution >= 0.6 is 0 Å². The van der Waals surface area contributed by atoms with Crippen LogP contribution in [0.15, 0.2) is 24.3 Å². The molecule has 0 bridgehead atoms. The number of aliphatic hydroxyl groups is 1. The van der Waals surface area contributed by atoms with E-state index in [9.17, 15) is 0 Å². The number of rotatable bonds is 7. The zero-order valence-corrected chi connectivity index (χ0v) is 10.8. The van der Waals surface area contributed by atoms with E-state index in [4.69, 9.17) is 10.8 Å². The monoisotopic (exact) mass is 236 g/mol. The van der Waals surface area contributed by atoms with E-state index in [-0.39, 0.29) is 12.6 Å². The van der Waals surface area contributed by atoms with E-state index < -0.39 is 0 Å². The number of aliphatic hydroxyl groups excluding tert-OH is 1. The summed E-state index contributed by atoms with van der Waals surface area (Å²) < 4.78 is 0. The first-order chi connectivity index (χ1) is 8.11. The Morgan fingerprint density at radius 3 is 2.76 bits per heavy atom. The largest absolute Gasteiger partial charge is 0.396 e. The Morgan fingerprint density at radius 1 is 1.35 bits per heavy atom. The third kappa shape index (κ3) is 5.71. The molecule has 4 N–H and O–H groups in total. The van der Waals surface area contributed by atoms with E-state index in [2.05, 4.69) is 25.2 Å². The third-order valence-corrected chi connectivity index (χ3v) is 2.67. The summed E-state index contributed by atoms with van der Waals surface area (Å²) in [6, 6.07) is 8.31. The van der Waals surface area contributed by atoms with E-state index in [1.54, 1.807) is 0 Å². The molecule has 1 atom stereocenters. The highest BCUT2D eigenvalue weighted by Crippen LogP contribution is 2.11. The molecule has 0 aromatic heterocycles. The minimum absolute atomic E-state index is 0.191. The number of hydrogen-bond donors (Lipinski definition) is 3. The molecule has 0 amide bonds. The summed E-state index contributed by atoms with van der Waals surface area (Å²) in [6.07, 6.45) is 1.73. The molecule has 0 fully saturated rings. The summed E-state index contributed by atoms with van der Waals surface area (Å²) in [5, 5.41) is 12.2. The summed E-state index contributed by atoms with van der Waals surface area (Å²) in [5.74, 6) is 0.632. The Morgan fingerprint density at radius 2 is 2.12 bits per heavy atom. The topological polar surface area (TPSA) is 58.3 Å². The number of benzene rings is 1. The van der Waals surface area contributed by atoms with Gasteiger partial charge in [-0.15, -0.1) is 0 Å². The van der Waals surface area contributed by atoms with E-state index >= 15 is 0 Å². The van der Waals surface area contributed by atoms with Gasteiger partial charge < -0.3 is 16.2 Å². The van der Waals surface area contributed by atoms with Gasteiger partial charge in [0.25, 0.3) is 0 Å². The molecule has 17 heavy (non-hydrogen) atoms. The molecular weight excluding hydrogens is 212 g/mol. The van der Waals surface area contributed by atoms with Gasteiger partial charge in [0, 0.05) is 24.9 Å². The Balaban J connectivity index is 2.43. The molecule has 1 rings (SSSR count). The molecule has 1 aromatic rings. The first kappa shape index (κ1) is 14.0. The third-order valence-electron chi connectivity index (χ3n) is 2.67. The van der Waals surface area contributed by atoms with Crippen molar-refractivity contribution in [3.05, 3.63) is 29.8 Å². The zero-order valence-electron chi connectivity index (χ0n) is 10.8. The lowest BCUT2D eigenvalue weighted by molar-refractivity contribution is 0.299. The van der Waals surface area contributed by atoms with Gasteiger partial charge in [-0.2, -0.15) is 0 Å². The highest BCUT2D eigenvalue weighted by Gasteiger charge is 2.05. The van der Waals surface area contributed by atoms with Crippen LogP contribution < -0.4 is 11.1 Å². The number of anilines is 1. The molecule has 1 unspecified atom stereocenters. The van der Waals surface area contributed by atoms with E-state index in [1.807, 2.05) is 18.2 Å². The van der Waals surface area contributed by atoms with Crippen LogP contribution in [0.1, 0.15) is 25.8 Å². The molecule has 96 valence electrons. The molecule has 0 aliphatic heterocycles. The predicted octanol–water partition coefficient (Wildman–Crippen LogP) is 2.01. The van der Waals surface area contributed by atoms with E-state index in [1.165, 1.54) is 0 Å². The maximum absolute atomic E-state index is 8.89. The SMILES string of the molecule is CC(C)CC(N)CNc1cccc(CCO)c1. The second-order valence-electron chi connectivity index (χ2n) is 4.94. The van der Waals surface area contributed by atoms with Gasteiger partial charge in [-0.05, 0) is 36.5 Å². The second-order valence-corrected chi connectivity index (χ2v) is 4.94. The molecule has 0 heterocycles. The van der Waals surface area contributed by atoms with Crippen molar-refractivity contribution in [3.63, 3.8) is 0 Å². The van der Waals surface area contributed by atoms with Crippen molar-refractivity contribution in [2.75, 3.05) is 18.5 Å². The van der Waals surface area contributed by atoms with Crippen LogP contribution in [0.2, 0.25) is 0 Å². The summed E-state index contributed by atoms with van der Waals surface area (Å²) in [4.78, 5) is 0. The second kappa shape index (κ2) is 7.30. The highest BCUT2D eigenvalue weighted by atomic mass is 16.2. The van der Waals surface area contributed by atoms with Crippen molar-refractivity contribution >= 4 is 5.69 Å². The summed E-state index contributed by atoms with van der Waals surface area (Å²) in [6.45, 7) is 5.35. The minimum Gasteiger partial charge on any atom is -0.396 e. The average molecular weight is 236 g/mol. The van der Waals surface area contributed by atoms with Gasteiger partial charge in [-0.1, -0.05) is 26.0 Å². The molecule has 0 aliphatic carbocycles. The van der Waals surface area contributed by atoms with Crippen molar-refractivity contribution < 1.29 is 5.11 Å². The maximum Gasteiger partial charge on any atom is 0.0471 e. The minimum atomic E-state index is 0.191. The first-order valence-electron chi connectivity index (χ1n) is 6.31. The normalized spacial score (nSPS) is 12.8. The van der Waals surface area contributed by atoms with Crippen LogP contribution in [0, 0.1) is 5.92 Å². The van der Waals surface area contributed by atoms with Gasteiger partial charge >= 0.3 is 0 Å². The molecule has 0 radical (unpaired) electrons. The van der Waals surface area contributed by atoms with Crippen molar-refractivity contribution in [2.24, 2.45) is 11.7 Å². The Bertz CT molecular complexity index is 326. The fourth-order valence-corrected chi connectivity index (χ4v) is 1.90. The molecule has 3 nitrogen and oxygen atoms in total. The summed E-state index contributed by atoms with van der Waals surface area (Å²) >= 11 is 0. The van der Waals surface area contributed by atoms with Crippen molar-refractivity contribution in [3.8, 4) is 0 Å².